The minimum atomic E-state index is -1.26. The Morgan fingerprint density at radius 1 is 1.18 bits per heavy atom. The highest BCUT2D eigenvalue weighted by Crippen LogP contribution is 2.41. The molecule has 0 bridgehead atoms. The minimum Gasteiger partial charge on any atom is -0.478 e. The standard InChI is InChI=1S/C21H27N3O2.C4H4O4/c1-4-15(12-25)22-21(26)14-8-17-16-6-5-7-18-20(16)13(10-23(18)2)9-19(17)24(3)11-14;5-3(6)1-2-4(7)8/h5-8,10,14-15,19,25H,4,9,11-12H2,1-3H3,(H,22,26);1-2H,(H,5,6)(H,7,8)/t14-,15+,19-;/m1./s1. The van der Waals surface area contributed by atoms with Gasteiger partial charge in [-0.05, 0) is 42.7 Å². The van der Waals surface area contributed by atoms with Crippen molar-refractivity contribution < 1.29 is 29.7 Å². The van der Waals surface area contributed by atoms with Crippen molar-refractivity contribution in [1.82, 2.24) is 14.8 Å². The van der Waals surface area contributed by atoms with E-state index in [2.05, 4.69) is 59.4 Å². The van der Waals surface area contributed by atoms with Crippen molar-refractivity contribution in [3.63, 3.8) is 0 Å². The van der Waals surface area contributed by atoms with E-state index in [9.17, 15) is 19.5 Å². The van der Waals surface area contributed by atoms with E-state index in [-0.39, 0.29) is 24.5 Å². The molecule has 0 saturated heterocycles. The topological polar surface area (TPSA) is 132 Å². The smallest absolute Gasteiger partial charge is 0.328 e. The Bertz CT molecular complexity index is 1130. The Morgan fingerprint density at radius 3 is 2.44 bits per heavy atom. The number of carboxylic acid groups (broad SMARTS) is 2. The van der Waals surface area contributed by atoms with Gasteiger partial charge in [0.15, 0.2) is 0 Å². The van der Waals surface area contributed by atoms with Gasteiger partial charge >= 0.3 is 11.9 Å². The lowest BCUT2D eigenvalue weighted by Crippen LogP contribution is -2.48. The Balaban J connectivity index is 0.000000350. The van der Waals surface area contributed by atoms with Crippen molar-refractivity contribution in [2.75, 3.05) is 20.2 Å². The van der Waals surface area contributed by atoms with Crippen LogP contribution in [0.3, 0.4) is 0 Å². The molecule has 34 heavy (non-hydrogen) atoms. The number of nitrogens with zero attached hydrogens (tertiary/aromatic N) is 2. The van der Waals surface area contributed by atoms with E-state index in [0.29, 0.717) is 24.7 Å². The van der Waals surface area contributed by atoms with Gasteiger partial charge in [-0.1, -0.05) is 25.1 Å². The summed E-state index contributed by atoms with van der Waals surface area (Å²) >= 11 is 0. The zero-order chi connectivity index (χ0) is 25.0. The van der Waals surface area contributed by atoms with Crippen molar-refractivity contribution in [2.45, 2.75) is 31.8 Å². The molecule has 4 N–H and O–H groups in total. The van der Waals surface area contributed by atoms with Crippen LogP contribution in [0.15, 0.2) is 42.6 Å². The maximum atomic E-state index is 12.7. The molecule has 0 unspecified atom stereocenters. The first-order valence-electron chi connectivity index (χ1n) is 11.2. The molecule has 4 rings (SSSR count). The molecule has 0 spiro atoms. The van der Waals surface area contributed by atoms with E-state index >= 15 is 0 Å². The highest BCUT2D eigenvalue weighted by Gasteiger charge is 2.36. The Labute approximate surface area is 198 Å². The molecule has 1 amide bonds. The number of benzene rings is 1. The summed E-state index contributed by atoms with van der Waals surface area (Å²) < 4.78 is 2.20. The van der Waals surface area contributed by atoms with Crippen LogP contribution in [0.4, 0.5) is 0 Å². The Morgan fingerprint density at radius 2 is 1.85 bits per heavy atom. The summed E-state index contributed by atoms with van der Waals surface area (Å²) in [5, 5.41) is 29.3. The number of aliphatic carboxylic acids is 2. The van der Waals surface area contributed by atoms with Gasteiger partial charge in [0.1, 0.15) is 0 Å². The van der Waals surface area contributed by atoms with Gasteiger partial charge in [0.25, 0.3) is 0 Å². The number of carbonyl (C=O) groups is 3. The third-order valence-electron chi connectivity index (χ3n) is 6.34. The van der Waals surface area contributed by atoms with Crippen LogP contribution < -0.4 is 5.32 Å². The van der Waals surface area contributed by atoms with Gasteiger partial charge < -0.3 is 25.2 Å². The summed E-state index contributed by atoms with van der Waals surface area (Å²) in [6, 6.07) is 6.60. The fourth-order valence-corrected chi connectivity index (χ4v) is 4.62. The first-order chi connectivity index (χ1) is 16.2. The van der Waals surface area contributed by atoms with Crippen LogP contribution in [0.2, 0.25) is 0 Å². The molecular formula is C25H31N3O6. The number of aliphatic hydroxyl groups is 1. The van der Waals surface area contributed by atoms with Crippen LogP contribution in [-0.2, 0) is 27.9 Å². The largest absolute Gasteiger partial charge is 0.478 e. The Kier molecular flexibility index (Phi) is 7.90. The van der Waals surface area contributed by atoms with E-state index in [0.717, 1.165) is 12.8 Å². The summed E-state index contributed by atoms with van der Waals surface area (Å²) in [5.41, 5.74) is 5.16. The SMILES string of the molecule is CC[C@@H](CO)NC(=O)[C@@H]1C=C2c3cccc4c3c(cn4C)C[C@H]2N(C)C1.O=C(O)C=CC(=O)O. The molecule has 1 aromatic carbocycles. The maximum absolute atomic E-state index is 12.7. The molecule has 3 atom stereocenters. The summed E-state index contributed by atoms with van der Waals surface area (Å²) in [5.74, 6) is -2.69. The van der Waals surface area contributed by atoms with Crippen LogP contribution in [0.5, 0.6) is 0 Å². The lowest BCUT2D eigenvalue weighted by atomic mass is 9.80. The van der Waals surface area contributed by atoms with Gasteiger partial charge in [-0.15, -0.1) is 0 Å². The summed E-state index contributed by atoms with van der Waals surface area (Å²) in [6.07, 6.45) is 7.24. The molecule has 0 fully saturated rings. The second-order valence-corrected chi connectivity index (χ2v) is 8.66. The number of carbonyl (C=O) groups excluding carboxylic acids is 1. The highest BCUT2D eigenvalue weighted by atomic mass is 16.4. The van der Waals surface area contributed by atoms with E-state index in [4.69, 9.17) is 10.2 Å². The van der Waals surface area contributed by atoms with Crippen molar-refractivity contribution in [3.05, 3.63) is 53.8 Å². The van der Waals surface area contributed by atoms with Gasteiger partial charge in [0.2, 0.25) is 5.91 Å². The summed E-state index contributed by atoms with van der Waals surface area (Å²) in [7, 11) is 4.20. The van der Waals surface area contributed by atoms with Gasteiger partial charge in [-0.2, -0.15) is 0 Å². The fourth-order valence-electron chi connectivity index (χ4n) is 4.62. The first-order valence-corrected chi connectivity index (χ1v) is 11.2. The second kappa shape index (κ2) is 10.7. The highest BCUT2D eigenvalue weighted by molar-refractivity contribution is 5.99. The number of amides is 1. The average Bonchev–Trinajstić information content (AvgIpc) is 3.13. The maximum Gasteiger partial charge on any atom is 0.328 e. The molecule has 0 radical (unpaired) electrons. The van der Waals surface area contributed by atoms with Gasteiger partial charge in [-0.25, -0.2) is 9.59 Å². The second-order valence-electron chi connectivity index (χ2n) is 8.66. The molecule has 2 heterocycles. The van der Waals surface area contributed by atoms with Crippen LogP contribution in [0.1, 0.15) is 24.5 Å². The van der Waals surface area contributed by atoms with Crippen LogP contribution in [0, 0.1) is 5.92 Å². The number of hydrogen-bond donors (Lipinski definition) is 4. The first kappa shape index (κ1) is 25.2. The van der Waals surface area contributed by atoms with Gasteiger partial charge in [-0.3, -0.25) is 9.69 Å². The molecule has 1 aliphatic heterocycles. The molecule has 9 heteroatoms. The van der Waals surface area contributed by atoms with Gasteiger partial charge in [0.05, 0.1) is 18.6 Å². The van der Waals surface area contributed by atoms with Crippen LogP contribution >= 0.6 is 0 Å². The van der Waals surface area contributed by atoms with Crippen molar-refractivity contribution in [2.24, 2.45) is 13.0 Å². The van der Waals surface area contributed by atoms with E-state index in [1.54, 1.807) is 0 Å². The number of carboxylic acids is 2. The van der Waals surface area contributed by atoms with E-state index in [1.807, 2.05) is 6.92 Å². The van der Waals surface area contributed by atoms with Crippen molar-refractivity contribution in [3.8, 4) is 0 Å². The zero-order valence-corrected chi connectivity index (χ0v) is 19.6. The predicted molar refractivity (Wildman–Crippen MR) is 128 cm³/mol. The number of aryl methyl sites for hydroxylation is 1. The van der Waals surface area contributed by atoms with E-state index < -0.39 is 11.9 Å². The molecule has 1 aromatic heterocycles. The number of hydrogen-bond acceptors (Lipinski definition) is 5. The Hall–Kier alpha value is -3.43. The monoisotopic (exact) mass is 469 g/mol. The summed E-state index contributed by atoms with van der Waals surface area (Å²) in [4.78, 5) is 34.1. The van der Waals surface area contributed by atoms with Gasteiger partial charge in [0, 0.05) is 48.9 Å². The number of aliphatic hydroxyl groups excluding tert-OH is 1. The third kappa shape index (κ3) is 5.37. The quantitative estimate of drug-likeness (QED) is 0.473. The van der Waals surface area contributed by atoms with Crippen LogP contribution in [0.25, 0.3) is 16.5 Å². The predicted octanol–water partition coefficient (Wildman–Crippen LogP) is 1.65. The molecule has 2 aliphatic rings. The lowest BCUT2D eigenvalue weighted by Gasteiger charge is -2.39. The minimum absolute atomic E-state index is 0.00901. The zero-order valence-electron chi connectivity index (χ0n) is 19.6. The number of likely N-dealkylation sites (N-methyl/N-ethyl adjacent to an activating group) is 1. The molecule has 182 valence electrons. The third-order valence-corrected chi connectivity index (χ3v) is 6.34. The lowest BCUT2D eigenvalue weighted by molar-refractivity contribution is -0.134. The number of aromatic nitrogens is 1. The van der Waals surface area contributed by atoms with E-state index in [1.165, 1.54) is 27.6 Å². The van der Waals surface area contributed by atoms with Crippen molar-refractivity contribution in [1.29, 1.82) is 0 Å². The number of fused-ring (bicyclic) bond motifs is 2. The molecule has 2 aromatic rings. The van der Waals surface area contributed by atoms with Crippen LogP contribution in [-0.4, -0.2) is 74.9 Å². The molecular weight excluding hydrogens is 438 g/mol. The molecule has 1 aliphatic carbocycles. The molecule has 9 nitrogen and oxygen atoms in total. The normalized spacial score (nSPS) is 20.2. The fraction of sp³-hybridized carbons (Fsp3) is 0.400. The average molecular weight is 470 g/mol. The number of nitrogens with one attached hydrogen (secondary N) is 1. The van der Waals surface area contributed by atoms with Crippen molar-refractivity contribution >= 4 is 34.3 Å². The number of rotatable bonds is 6. The summed E-state index contributed by atoms with van der Waals surface area (Å²) in [6.45, 7) is 2.66. The molecule has 0 saturated carbocycles.